The van der Waals surface area contributed by atoms with Crippen molar-refractivity contribution in [3.63, 3.8) is 0 Å². The predicted molar refractivity (Wildman–Crippen MR) is 101 cm³/mol. The van der Waals surface area contributed by atoms with E-state index in [1.54, 1.807) is 28.9 Å². The Labute approximate surface area is 160 Å². The maximum Gasteiger partial charge on any atom is 0.254 e. The molecule has 26 heavy (non-hydrogen) atoms. The third-order valence-corrected chi connectivity index (χ3v) is 4.71. The van der Waals surface area contributed by atoms with Crippen LogP contribution >= 0.6 is 11.6 Å². The Hall–Kier alpha value is -1.95. The average molecular weight is 383 g/mol. The summed E-state index contributed by atoms with van der Waals surface area (Å²) in [5, 5.41) is 0.360. The van der Waals surface area contributed by atoms with E-state index >= 15 is 0 Å². The highest BCUT2D eigenvalue weighted by atomic mass is 35.5. The Bertz CT molecular complexity index is 655. The summed E-state index contributed by atoms with van der Waals surface area (Å²) < 4.78 is 11.1. The van der Waals surface area contributed by atoms with E-state index in [0.717, 1.165) is 6.42 Å². The van der Waals surface area contributed by atoms with E-state index < -0.39 is 0 Å². The molecule has 6 nitrogen and oxygen atoms in total. The zero-order valence-corrected chi connectivity index (χ0v) is 16.6. The minimum atomic E-state index is -0.123. The van der Waals surface area contributed by atoms with Gasteiger partial charge in [0.15, 0.2) is 11.5 Å². The Morgan fingerprint density at radius 2 is 1.77 bits per heavy atom. The molecule has 1 aromatic carbocycles. The number of hydrogen-bond donors (Lipinski definition) is 0. The summed E-state index contributed by atoms with van der Waals surface area (Å²) >= 11 is 6.35. The Balaban J connectivity index is 2.11. The van der Waals surface area contributed by atoms with Crippen LogP contribution in [0.4, 0.5) is 0 Å². The van der Waals surface area contributed by atoms with Crippen molar-refractivity contribution in [2.75, 3.05) is 39.9 Å². The van der Waals surface area contributed by atoms with Crippen molar-refractivity contribution in [3.8, 4) is 11.5 Å². The molecule has 1 fully saturated rings. The van der Waals surface area contributed by atoms with Crippen LogP contribution in [-0.2, 0) is 4.79 Å². The van der Waals surface area contributed by atoms with Gasteiger partial charge in [-0.05, 0) is 24.5 Å². The van der Waals surface area contributed by atoms with Gasteiger partial charge < -0.3 is 19.3 Å². The summed E-state index contributed by atoms with van der Waals surface area (Å²) in [5.74, 6) is 1.35. The van der Waals surface area contributed by atoms with E-state index in [9.17, 15) is 9.59 Å². The molecule has 144 valence electrons. The molecule has 1 heterocycles. The lowest BCUT2D eigenvalue weighted by Gasteiger charge is -2.34. The molecule has 7 heteroatoms. The summed E-state index contributed by atoms with van der Waals surface area (Å²) in [6.45, 7) is 8.42. The molecular formula is C19H27ClN2O4. The molecule has 1 aliphatic rings. The molecule has 0 aromatic heterocycles. The van der Waals surface area contributed by atoms with Gasteiger partial charge in [0.25, 0.3) is 5.91 Å². The maximum atomic E-state index is 12.8. The number of halogens is 1. The number of benzene rings is 1. The van der Waals surface area contributed by atoms with E-state index in [1.165, 1.54) is 7.11 Å². The fourth-order valence-corrected chi connectivity index (χ4v) is 3.05. The number of carbonyl (C=O) groups is 2. The highest BCUT2D eigenvalue weighted by Gasteiger charge is 2.25. The number of rotatable bonds is 6. The molecule has 0 N–H and O–H groups in total. The molecule has 2 rings (SSSR count). The number of nitrogens with zero attached hydrogens (tertiary/aromatic N) is 2. The first-order valence-electron chi connectivity index (χ1n) is 8.88. The van der Waals surface area contributed by atoms with Gasteiger partial charge in [-0.25, -0.2) is 0 Å². The molecular weight excluding hydrogens is 356 g/mol. The molecule has 0 unspecified atom stereocenters. The second-order valence-electron chi connectivity index (χ2n) is 6.82. The van der Waals surface area contributed by atoms with Crippen molar-refractivity contribution in [1.29, 1.82) is 0 Å². The monoisotopic (exact) mass is 382 g/mol. The Kier molecular flexibility index (Phi) is 7.14. The van der Waals surface area contributed by atoms with Crippen LogP contribution in [0.3, 0.4) is 0 Å². The summed E-state index contributed by atoms with van der Waals surface area (Å²) in [6, 6.07) is 3.28. The van der Waals surface area contributed by atoms with Crippen molar-refractivity contribution < 1.29 is 19.1 Å². The van der Waals surface area contributed by atoms with Gasteiger partial charge in [-0.15, -0.1) is 0 Å². The number of ether oxygens (including phenoxy) is 2. The van der Waals surface area contributed by atoms with E-state index in [-0.39, 0.29) is 11.8 Å². The average Bonchev–Trinajstić information content (AvgIpc) is 2.61. The lowest BCUT2D eigenvalue weighted by Crippen LogP contribution is -2.50. The maximum absolute atomic E-state index is 12.8. The largest absolute Gasteiger partial charge is 0.493 e. The number of hydrogen-bond acceptors (Lipinski definition) is 4. The molecule has 0 radical (unpaired) electrons. The van der Waals surface area contributed by atoms with Crippen LogP contribution < -0.4 is 9.47 Å². The van der Waals surface area contributed by atoms with Crippen LogP contribution in [0.15, 0.2) is 12.1 Å². The first-order valence-corrected chi connectivity index (χ1v) is 9.26. The van der Waals surface area contributed by atoms with Crippen molar-refractivity contribution >= 4 is 23.4 Å². The molecule has 1 saturated heterocycles. The minimum absolute atomic E-state index is 0.0321. The predicted octanol–water partition coefficient (Wildman–Crippen LogP) is 3.08. The standard InChI is InChI=1S/C19H27ClN2O4/c1-13(2)5-10-26-18-16(20)11-15(12-17(18)25-4)19(24)22-8-6-21(7-9-22)14(3)23/h11-13H,5-10H2,1-4H3. The first kappa shape index (κ1) is 20.4. The normalized spacial score (nSPS) is 14.5. The van der Waals surface area contributed by atoms with Crippen molar-refractivity contribution in [2.45, 2.75) is 27.2 Å². The van der Waals surface area contributed by atoms with E-state index in [0.29, 0.717) is 60.8 Å². The number of piperazine rings is 1. The highest BCUT2D eigenvalue weighted by molar-refractivity contribution is 6.32. The van der Waals surface area contributed by atoms with Crippen LogP contribution in [0.1, 0.15) is 37.6 Å². The van der Waals surface area contributed by atoms with Crippen molar-refractivity contribution in [1.82, 2.24) is 9.80 Å². The first-order chi connectivity index (χ1) is 12.3. The van der Waals surface area contributed by atoms with Crippen LogP contribution in [-0.4, -0.2) is 61.5 Å². The molecule has 2 amide bonds. The topological polar surface area (TPSA) is 59.1 Å². The van der Waals surface area contributed by atoms with E-state index in [4.69, 9.17) is 21.1 Å². The third kappa shape index (κ3) is 5.04. The molecule has 0 aliphatic carbocycles. The Morgan fingerprint density at radius 3 is 2.31 bits per heavy atom. The van der Waals surface area contributed by atoms with E-state index in [1.807, 2.05) is 0 Å². The molecule has 0 saturated carbocycles. The fraction of sp³-hybridized carbons (Fsp3) is 0.579. The lowest BCUT2D eigenvalue weighted by molar-refractivity contribution is -0.130. The van der Waals surface area contributed by atoms with Gasteiger partial charge in [0.1, 0.15) is 0 Å². The van der Waals surface area contributed by atoms with Crippen LogP contribution in [0.2, 0.25) is 5.02 Å². The minimum Gasteiger partial charge on any atom is -0.493 e. The molecule has 1 aromatic rings. The van der Waals surface area contributed by atoms with Gasteiger partial charge in [-0.1, -0.05) is 25.4 Å². The van der Waals surface area contributed by atoms with Crippen molar-refractivity contribution in [3.05, 3.63) is 22.7 Å². The Morgan fingerprint density at radius 1 is 1.15 bits per heavy atom. The van der Waals surface area contributed by atoms with Gasteiger partial charge in [0.05, 0.1) is 18.7 Å². The quantitative estimate of drug-likeness (QED) is 0.758. The molecule has 0 spiro atoms. The van der Waals surface area contributed by atoms with E-state index in [2.05, 4.69) is 13.8 Å². The molecule has 0 atom stereocenters. The summed E-state index contributed by atoms with van der Waals surface area (Å²) in [7, 11) is 1.53. The van der Waals surface area contributed by atoms with Crippen molar-refractivity contribution in [2.24, 2.45) is 5.92 Å². The zero-order chi connectivity index (χ0) is 19.3. The third-order valence-electron chi connectivity index (χ3n) is 4.43. The zero-order valence-electron chi connectivity index (χ0n) is 15.9. The summed E-state index contributed by atoms with van der Waals surface area (Å²) in [5.41, 5.74) is 0.458. The second kappa shape index (κ2) is 9.12. The highest BCUT2D eigenvalue weighted by Crippen LogP contribution is 2.37. The lowest BCUT2D eigenvalue weighted by atomic mass is 10.1. The smallest absolute Gasteiger partial charge is 0.254 e. The van der Waals surface area contributed by atoms with Gasteiger partial charge in [-0.2, -0.15) is 0 Å². The van der Waals surface area contributed by atoms with Gasteiger partial charge in [0.2, 0.25) is 5.91 Å². The summed E-state index contributed by atoms with van der Waals surface area (Å²) in [6.07, 6.45) is 0.903. The van der Waals surface area contributed by atoms with Gasteiger partial charge in [0, 0.05) is 38.7 Å². The SMILES string of the molecule is COc1cc(C(=O)N2CCN(C(C)=O)CC2)cc(Cl)c1OCCC(C)C. The number of carbonyl (C=O) groups excluding carboxylic acids is 2. The molecule has 1 aliphatic heterocycles. The summed E-state index contributed by atoms with van der Waals surface area (Å²) in [4.78, 5) is 27.7. The number of amides is 2. The van der Waals surface area contributed by atoms with Gasteiger partial charge >= 0.3 is 0 Å². The second-order valence-corrected chi connectivity index (χ2v) is 7.23. The molecule has 0 bridgehead atoms. The van der Waals surface area contributed by atoms with Crippen LogP contribution in [0, 0.1) is 5.92 Å². The van der Waals surface area contributed by atoms with Gasteiger partial charge in [-0.3, -0.25) is 9.59 Å². The van der Waals surface area contributed by atoms with Crippen LogP contribution in [0.25, 0.3) is 0 Å². The fourth-order valence-electron chi connectivity index (χ4n) is 2.79. The number of methoxy groups -OCH3 is 1. The van der Waals surface area contributed by atoms with Crippen LogP contribution in [0.5, 0.6) is 11.5 Å².